The molecule has 1 saturated heterocycles. The molecule has 122 valence electrons. The molecule has 1 atom stereocenters. The fourth-order valence-corrected chi connectivity index (χ4v) is 3.55. The van der Waals surface area contributed by atoms with E-state index >= 15 is 0 Å². The highest BCUT2D eigenvalue weighted by Gasteiger charge is 2.63. The first-order valence-corrected chi connectivity index (χ1v) is 8.16. The molecular formula is C17H32N2O2. The van der Waals surface area contributed by atoms with E-state index in [4.69, 9.17) is 4.74 Å². The monoisotopic (exact) mass is 296 g/mol. The van der Waals surface area contributed by atoms with Crippen LogP contribution in [0.25, 0.3) is 0 Å². The molecule has 0 aromatic carbocycles. The van der Waals surface area contributed by atoms with Gasteiger partial charge in [0.2, 0.25) is 0 Å². The van der Waals surface area contributed by atoms with Crippen LogP contribution in [0, 0.1) is 16.7 Å². The van der Waals surface area contributed by atoms with Crippen LogP contribution in [-0.4, -0.2) is 42.3 Å². The van der Waals surface area contributed by atoms with E-state index in [0.717, 1.165) is 32.0 Å². The first-order chi connectivity index (χ1) is 9.45. The molecule has 0 bridgehead atoms. The Bertz CT molecular complexity index is 396. The Kier molecular flexibility index (Phi) is 4.07. The van der Waals surface area contributed by atoms with Crippen molar-refractivity contribution in [2.24, 2.45) is 16.7 Å². The number of nitrogens with one attached hydrogen (secondary N) is 1. The minimum atomic E-state index is -0.412. The number of likely N-dealkylation sites (tertiary alicyclic amines) is 1. The van der Waals surface area contributed by atoms with E-state index in [2.05, 4.69) is 33.0 Å². The number of rotatable bonds is 3. The molecule has 0 aromatic rings. The average Bonchev–Trinajstić information content (AvgIpc) is 2.69. The first-order valence-electron chi connectivity index (χ1n) is 8.16. The van der Waals surface area contributed by atoms with Gasteiger partial charge < -0.3 is 15.0 Å². The molecule has 2 fully saturated rings. The quantitative estimate of drug-likeness (QED) is 0.869. The van der Waals surface area contributed by atoms with Crippen LogP contribution < -0.4 is 5.32 Å². The van der Waals surface area contributed by atoms with E-state index in [1.54, 1.807) is 0 Å². The van der Waals surface area contributed by atoms with E-state index in [1.807, 2.05) is 25.7 Å². The molecule has 4 nitrogen and oxygen atoms in total. The summed E-state index contributed by atoms with van der Waals surface area (Å²) in [4.78, 5) is 13.9. The standard InChI is InChI=1S/C17H32N2O2/c1-15(2,3)21-14(20)19-9-8-12(11-19)18-10-13-16(4,5)17(13,6)7/h12-13,18H,8-11H2,1-7H3. The van der Waals surface area contributed by atoms with E-state index in [9.17, 15) is 4.79 Å². The second-order valence-electron chi connectivity index (χ2n) is 8.82. The summed E-state index contributed by atoms with van der Waals surface area (Å²) in [7, 11) is 0. The SMILES string of the molecule is CC(C)(C)OC(=O)N1CCC(NCC2C(C)(C)C2(C)C)C1. The van der Waals surface area contributed by atoms with Crippen molar-refractivity contribution >= 4 is 6.09 Å². The molecule has 2 aliphatic rings. The minimum Gasteiger partial charge on any atom is -0.444 e. The Labute approximate surface area is 129 Å². The van der Waals surface area contributed by atoms with Crippen LogP contribution >= 0.6 is 0 Å². The van der Waals surface area contributed by atoms with Crippen molar-refractivity contribution in [3.05, 3.63) is 0 Å². The molecular weight excluding hydrogens is 264 g/mol. The summed E-state index contributed by atoms with van der Waals surface area (Å²) in [6, 6.07) is 0.407. The highest BCUT2D eigenvalue weighted by atomic mass is 16.6. The zero-order valence-corrected chi connectivity index (χ0v) is 14.7. The molecule has 1 unspecified atom stereocenters. The summed E-state index contributed by atoms with van der Waals surface area (Å²) in [5.41, 5.74) is 0.428. The van der Waals surface area contributed by atoms with Crippen molar-refractivity contribution < 1.29 is 9.53 Å². The van der Waals surface area contributed by atoms with Gasteiger partial charge in [0.15, 0.2) is 0 Å². The van der Waals surface area contributed by atoms with Crippen molar-refractivity contribution in [1.82, 2.24) is 10.2 Å². The van der Waals surface area contributed by atoms with Gasteiger partial charge >= 0.3 is 6.09 Å². The molecule has 4 heteroatoms. The van der Waals surface area contributed by atoms with Crippen LogP contribution in [0.1, 0.15) is 54.9 Å². The third-order valence-electron chi connectivity index (χ3n) is 5.77. The van der Waals surface area contributed by atoms with Crippen LogP contribution in [0.5, 0.6) is 0 Å². The normalized spacial score (nSPS) is 27.8. The largest absolute Gasteiger partial charge is 0.444 e. The summed E-state index contributed by atoms with van der Waals surface area (Å²) in [5.74, 6) is 0.723. The summed E-state index contributed by atoms with van der Waals surface area (Å²) in [5, 5.41) is 3.65. The van der Waals surface area contributed by atoms with Gasteiger partial charge in [-0.1, -0.05) is 27.7 Å². The third kappa shape index (κ3) is 3.36. The predicted octanol–water partition coefficient (Wildman–Crippen LogP) is 3.27. The van der Waals surface area contributed by atoms with Crippen LogP contribution in [0.3, 0.4) is 0 Å². The molecule has 1 aliphatic carbocycles. The summed E-state index contributed by atoms with van der Waals surface area (Å²) >= 11 is 0. The summed E-state index contributed by atoms with van der Waals surface area (Å²) in [6.07, 6.45) is 0.839. The van der Waals surface area contributed by atoms with Gasteiger partial charge in [0, 0.05) is 19.1 Å². The molecule has 2 rings (SSSR count). The third-order valence-corrected chi connectivity index (χ3v) is 5.77. The minimum absolute atomic E-state index is 0.182. The molecule has 1 N–H and O–H groups in total. The molecule has 1 amide bonds. The number of amides is 1. The average molecular weight is 296 g/mol. The van der Waals surface area contributed by atoms with Crippen LogP contribution in [0.2, 0.25) is 0 Å². The fraction of sp³-hybridized carbons (Fsp3) is 0.941. The van der Waals surface area contributed by atoms with Crippen molar-refractivity contribution in [2.45, 2.75) is 66.5 Å². The van der Waals surface area contributed by atoms with Gasteiger partial charge in [-0.3, -0.25) is 0 Å². The number of carbonyl (C=O) groups is 1. The van der Waals surface area contributed by atoms with Crippen molar-refractivity contribution in [3.63, 3.8) is 0 Å². The zero-order valence-electron chi connectivity index (χ0n) is 14.7. The zero-order chi connectivity index (χ0) is 16.1. The van der Waals surface area contributed by atoms with Gasteiger partial charge in [0.05, 0.1) is 0 Å². The van der Waals surface area contributed by atoms with Gasteiger partial charge in [0.1, 0.15) is 5.60 Å². The molecule has 1 heterocycles. The molecule has 0 radical (unpaired) electrons. The van der Waals surface area contributed by atoms with Gasteiger partial charge in [-0.25, -0.2) is 4.79 Å². The fourth-order valence-electron chi connectivity index (χ4n) is 3.55. The van der Waals surface area contributed by atoms with E-state index in [0.29, 0.717) is 16.9 Å². The lowest BCUT2D eigenvalue weighted by atomic mass is 10.0. The highest BCUT2D eigenvalue weighted by molar-refractivity contribution is 5.68. The number of carbonyl (C=O) groups excluding carboxylic acids is 1. The van der Waals surface area contributed by atoms with E-state index in [1.165, 1.54) is 0 Å². The van der Waals surface area contributed by atoms with E-state index in [-0.39, 0.29) is 6.09 Å². The van der Waals surface area contributed by atoms with Crippen molar-refractivity contribution in [1.29, 1.82) is 0 Å². The topological polar surface area (TPSA) is 41.6 Å². The molecule has 21 heavy (non-hydrogen) atoms. The molecule has 0 aromatic heterocycles. The lowest BCUT2D eigenvalue weighted by molar-refractivity contribution is 0.0291. The Hall–Kier alpha value is -0.770. The lowest BCUT2D eigenvalue weighted by Crippen LogP contribution is -2.39. The number of ether oxygens (including phenoxy) is 1. The lowest BCUT2D eigenvalue weighted by Gasteiger charge is -2.24. The maximum Gasteiger partial charge on any atom is 0.410 e. The van der Waals surface area contributed by atoms with Crippen LogP contribution in [0.15, 0.2) is 0 Å². The van der Waals surface area contributed by atoms with Gasteiger partial charge in [-0.15, -0.1) is 0 Å². The predicted molar refractivity (Wildman–Crippen MR) is 85.3 cm³/mol. The summed E-state index contributed by atoms with van der Waals surface area (Å²) in [6.45, 7) is 17.7. The maximum atomic E-state index is 12.0. The Balaban J connectivity index is 1.75. The first kappa shape index (κ1) is 16.6. The summed E-state index contributed by atoms with van der Waals surface area (Å²) < 4.78 is 5.43. The van der Waals surface area contributed by atoms with Crippen LogP contribution in [0.4, 0.5) is 4.79 Å². The van der Waals surface area contributed by atoms with Gasteiger partial charge in [0.25, 0.3) is 0 Å². The highest BCUT2D eigenvalue weighted by Crippen LogP contribution is 2.67. The molecule has 1 saturated carbocycles. The molecule has 0 spiro atoms. The van der Waals surface area contributed by atoms with Crippen LogP contribution in [-0.2, 0) is 4.74 Å². The number of hydrogen-bond donors (Lipinski definition) is 1. The second kappa shape index (κ2) is 5.15. The second-order valence-corrected chi connectivity index (χ2v) is 8.82. The maximum absolute atomic E-state index is 12.0. The van der Waals surface area contributed by atoms with Crippen molar-refractivity contribution in [3.8, 4) is 0 Å². The van der Waals surface area contributed by atoms with Gasteiger partial charge in [-0.2, -0.15) is 0 Å². The van der Waals surface area contributed by atoms with Gasteiger partial charge in [-0.05, 0) is 50.5 Å². The van der Waals surface area contributed by atoms with E-state index < -0.39 is 5.60 Å². The Morgan fingerprint density at radius 1 is 1.24 bits per heavy atom. The van der Waals surface area contributed by atoms with Crippen molar-refractivity contribution in [2.75, 3.05) is 19.6 Å². The Morgan fingerprint density at radius 3 is 2.29 bits per heavy atom. The molecule has 1 aliphatic heterocycles. The number of hydrogen-bond acceptors (Lipinski definition) is 3. The Morgan fingerprint density at radius 2 is 1.81 bits per heavy atom. The number of nitrogens with zero attached hydrogens (tertiary/aromatic N) is 1. The smallest absolute Gasteiger partial charge is 0.410 e.